The molecule has 2 aromatic carbocycles. The maximum atomic E-state index is 14.1. The molecule has 1 fully saturated rings. The van der Waals surface area contributed by atoms with Crippen molar-refractivity contribution in [1.29, 1.82) is 0 Å². The van der Waals surface area contributed by atoms with Crippen molar-refractivity contribution in [3.05, 3.63) is 53.8 Å². The number of rotatable bonds is 10. The number of nitrogens with zero attached hydrogens (tertiary/aromatic N) is 3. The highest BCUT2D eigenvalue weighted by Crippen LogP contribution is 2.31. The molecule has 0 N–H and O–H groups in total. The van der Waals surface area contributed by atoms with E-state index in [9.17, 15) is 12.8 Å². The molecule has 0 aliphatic carbocycles. The highest BCUT2D eigenvalue weighted by atomic mass is 32.2. The van der Waals surface area contributed by atoms with Crippen LogP contribution in [-0.2, 0) is 27.1 Å². The molecule has 2 heterocycles. The fraction of sp³-hybridized carbons (Fsp3) is 0.480. The van der Waals surface area contributed by atoms with E-state index in [0.717, 1.165) is 29.9 Å². The number of benzene rings is 2. The Hall–Kier alpha value is -1.94. The van der Waals surface area contributed by atoms with Gasteiger partial charge in [0.2, 0.25) is 10.0 Å². The zero-order valence-electron chi connectivity index (χ0n) is 19.7. The Bertz CT molecular complexity index is 1230. The van der Waals surface area contributed by atoms with Crippen LogP contribution in [0, 0.1) is 11.7 Å². The van der Waals surface area contributed by atoms with Crippen molar-refractivity contribution in [2.24, 2.45) is 5.92 Å². The first-order valence-electron chi connectivity index (χ1n) is 11.8. The zero-order chi connectivity index (χ0) is 24.1. The molecule has 0 unspecified atom stereocenters. The van der Waals surface area contributed by atoms with Crippen molar-refractivity contribution in [3.63, 3.8) is 0 Å². The standard InChI is InChI=1S/C25H32FN3O3S2/c1-3-32-15-7-14-29-24-12-11-21(34(30,31)28-13-6-8-19(2)17-28)16-23(24)27-25(29)33-18-20-9-4-5-10-22(20)26/h4-5,9-12,16,19H,3,6-8,13-15,17-18H2,1-2H3/t19-/m0/s1. The lowest BCUT2D eigenvalue weighted by molar-refractivity contribution is 0.141. The summed E-state index contributed by atoms with van der Waals surface area (Å²) < 4.78 is 49.9. The van der Waals surface area contributed by atoms with E-state index < -0.39 is 10.0 Å². The van der Waals surface area contributed by atoms with Crippen molar-refractivity contribution in [2.75, 3.05) is 26.3 Å². The number of halogens is 1. The molecule has 9 heteroatoms. The van der Waals surface area contributed by atoms with Crippen molar-refractivity contribution in [3.8, 4) is 0 Å². The molecule has 1 saturated heterocycles. The predicted molar refractivity (Wildman–Crippen MR) is 134 cm³/mol. The minimum absolute atomic E-state index is 0.238. The SMILES string of the molecule is CCOCCCn1c(SCc2ccccc2F)nc2cc(S(=O)(=O)N3CCC[C@H](C)C3)ccc21. The van der Waals surface area contributed by atoms with Gasteiger partial charge in [-0.2, -0.15) is 4.31 Å². The van der Waals surface area contributed by atoms with E-state index in [-0.39, 0.29) is 10.7 Å². The highest BCUT2D eigenvalue weighted by Gasteiger charge is 2.29. The third-order valence-electron chi connectivity index (χ3n) is 6.13. The maximum Gasteiger partial charge on any atom is 0.243 e. The van der Waals surface area contributed by atoms with Gasteiger partial charge in [0.1, 0.15) is 5.82 Å². The summed E-state index contributed by atoms with van der Waals surface area (Å²) in [6, 6.07) is 11.9. The molecule has 1 aromatic heterocycles. The van der Waals surface area contributed by atoms with Gasteiger partial charge in [-0.1, -0.05) is 36.9 Å². The van der Waals surface area contributed by atoms with Gasteiger partial charge >= 0.3 is 0 Å². The number of hydrogen-bond acceptors (Lipinski definition) is 5. The summed E-state index contributed by atoms with van der Waals surface area (Å²) in [4.78, 5) is 5.05. The van der Waals surface area contributed by atoms with E-state index in [4.69, 9.17) is 9.72 Å². The second-order valence-corrected chi connectivity index (χ2v) is 11.6. The van der Waals surface area contributed by atoms with Crippen LogP contribution in [0.4, 0.5) is 4.39 Å². The molecule has 3 aromatic rings. The maximum absolute atomic E-state index is 14.1. The van der Waals surface area contributed by atoms with Gasteiger partial charge in [-0.3, -0.25) is 0 Å². The Morgan fingerprint density at radius 2 is 2.06 bits per heavy atom. The van der Waals surface area contributed by atoms with E-state index in [0.29, 0.717) is 55.6 Å². The van der Waals surface area contributed by atoms with Crippen LogP contribution in [0.2, 0.25) is 0 Å². The van der Waals surface area contributed by atoms with E-state index in [1.807, 2.05) is 19.1 Å². The average Bonchev–Trinajstić information content (AvgIpc) is 3.18. The number of sulfonamides is 1. The van der Waals surface area contributed by atoms with Crippen LogP contribution in [0.5, 0.6) is 0 Å². The van der Waals surface area contributed by atoms with Crippen LogP contribution in [0.15, 0.2) is 52.5 Å². The second kappa shape index (κ2) is 11.2. The van der Waals surface area contributed by atoms with Crippen molar-refractivity contribution < 1.29 is 17.5 Å². The summed E-state index contributed by atoms with van der Waals surface area (Å²) in [6.45, 7) is 7.15. The first kappa shape index (κ1) is 25.2. The fourth-order valence-corrected chi connectivity index (χ4v) is 6.96. The lowest BCUT2D eigenvalue weighted by atomic mass is 10.0. The Morgan fingerprint density at radius 1 is 1.24 bits per heavy atom. The van der Waals surface area contributed by atoms with E-state index in [1.165, 1.54) is 17.8 Å². The van der Waals surface area contributed by atoms with Gasteiger partial charge in [-0.25, -0.2) is 17.8 Å². The quantitative estimate of drug-likeness (QED) is 0.276. The Morgan fingerprint density at radius 3 is 2.82 bits per heavy atom. The smallest absolute Gasteiger partial charge is 0.243 e. The molecule has 1 atom stereocenters. The number of fused-ring (bicyclic) bond motifs is 1. The second-order valence-electron chi connectivity index (χ2n) is 8.74. The number of imidazole rings is 1. The van der Waals surface area contributed by atoms with Crippen LogP contribution < -0.4 is 0 Å². The number of aromatic nitrogens is 2. The van der Waals surface area contributed by atoms with Gasteiger partial charge in [0.25, 0.3) is 0 Å². The minimum atomic E-state index is -3.57. The normalized spacial score (nSPS) is 17.4. The molecule has 184 valence electrons. The van der Waals surface area contributed by atoms with Crippen LogP contribution in [0.1, 0.15) is 38.7 Å². The molecule has 34 heavy (non-hydrogen) atoms. The fourth-order valence-electron chi connectivity index (χ4n) is 4.31. The van der Waals surface area contributed by atoms with Gasteiger partial charge in [0.05, 0.1) is 15.9 Å². The van der Waals surface area contributed by atoms with Gasteiger partial charge in [0, 0.05) is 38.6 Å². The highest BCUT2D eigenvalue weighted by molar-refractivity contribution is 7.98. The minimum Gasteiger partial charge on any atom is -0.382 e. The number of piperidine rings is 1. The largest absolute Gasteiger partial charge is 0.382 e. The molecule has 0 amide bonds. The first-order chi connectivity index (χ1) is 16.4. The van der Waals surface area contributed by atoms with Gasteiger partial charge < -0.3 is 9.30 Å². The molecule has 0 bridgehead atoms. The van der Waals surface area contributed by atoms with Crippen molar-refractivity contribution in [1.82, 2.24) is 13.9 Å². The Balaban J connectivity index is 1.64. The van der Waals surface area contributed by atoms with Gasteiger partial charge in [0.15, 0.2) is 5.16 Å². The van der Waals surface area contributed by atoms with E-state index in [1.54, 1.807) is 28.6 Å². The number of ether oxygens (including phenoxy) is 1. The molecule has 0 spiro atoms. The first-order valence-corrected chi connectivity index (χ1v) is 14.3. The van der Waals surface area contributed by atoms with Gasteiger partial charge in [-0.05, 0) is 61.9 Å². The van der Waals surface area contributed by atoms with Gasteiger partial charge in [-0.15, -0.1) is 0 Å². The van der Waals surface area contributed by atoms with Crippen LogP contribution in [-0.4, -0.2) is 48.6 Å². The summed E-state index contributed by atoms with van der Waals surface area (Å²) in [6.07, 6.45) is 2.74. The number of hydrogen-bond donors (Lipinski definition) is 0. The molecule has 6 nitrogen and oxygen atoms in total. The molecule has 0 radical (unpaired) electrons. The molecular weight excluding hydrogens is 473 g/mol. The van der Waals surface area contributed by atoms with E-state index >= 15 is 0 Å². The van der Waals surface area contributed by atoms with Crippen molar-refractivity contribution in [2.45, 2.75) is 55.5 Å². The molecule has 0 saturated carbocycles. The van der Waals surface area contributed by atoms with Crippen molar-refractivity contribution >= 4 is 32.8 Å². The molecule has 1 aliphatic heterocycles. The molecular formula is C25H32FN3O3S2. The summed E-state index contributed by atoms with van der Waals surface area (Å²) >= 11 is 1.46. The molecule has 4 rings (SSSR count). The van der Waals surface area contributed by atoms with Crippen LogP contribution in [0.25, 0.3) is 11.0 Å². The van der Waals surface area contributed by atoms with Crippen LogP contribution >= 0.6 is 11.8 Å². The lowest BCUT2D eigenvalue weighted by Crippen LogP contribution is -2.39. The average molecular weight is 506 g/mol. The number of thioether (sulfide) groups is 1. The third kappa shape index (κ3) is 5.64. The van der Waals surface area contributed by atoms with E-state index in [2.05, 4.69) is 11.5 Å². The summed E-state index contributed by atoms with van der Waals surface area (Å²) in [5, 5.41) is 0.746. The predicted octanol–water partition coefficient (Wildman–Crippen LogP) is 5.31. The Labute approximate surface area is 205 Å². The zero-order valence-corrected chi connectivity index (χ0v) is 21.4. The summed E-state index contributed by atoms with van der Waals surface area (Å²) in [7, 11) is -3.57. The topological polar surface area (TPSA) is 64.4 Å². The lowest BCUT2D eigenvalue weighted by Gasteiger charge is -2.30. The Kier molecular flexibility index (Phi) is 8.29. The third-order valence-corrected chi connectivity index (χ3v) is 9.02. The number of aryl methyl sites for hydroxylation is 1. The van der Waals surface area contributed by atoms with Crippen LogP contribution in [0.3, 0.4) is 0 Å². The molecule has 1 aliphatic rings. The monoisotopic (exact) mass is 505 g/mol. The summed E-state index contributed by atoms with van der Waals surface area (Å²) in [5.41, 5.74) is 2.12. The summed E-state index contributed by atoms with van der Waals surface area (Å²) in [5.74, 6) is 0.564.